The van der Waals surface area contributed by atoms with Gasteiger partial charge in [-0.1, -0.05) is 48.2 Å². The molecule has 1 aliphatic rings. The van der Waals surface area contributed by atoms with Crippen molar-refractivity contribution >= 4 is 48.7 Å². The predicted octanol–water partition coefficient (Wildman–Crippen LogP) is 4.51. The van der Waals surface area contributed by atoms with Gasteiger partial charge in [0.15, 0.2) is 9.84 Å². The topological polar surface area (TPSA) is 80.3 Å². The Bertz CT molecular complexity index is 1010. The zero-order valence-corrected chi connectivity index (χ0v) is 16.8. The number of halogens is 2. The highest BCUT2D eigenvalue weighted by Gasteiger charge is 2.30. The van der Waals surface area contributed by atoms with Crippen molar-refractivity contribution in [2.24, 2.45) is 0 Å². The summed E-state index contributed by atoms with van der Waals surface area (Å²) in [7, 11) is -7.55. The molecule has 5 nitrogen and oxygen atoms in total. The Morgan fingerprint density at radius 1 is 0.885 bits per heavy atom. The Morgan fingerprint density at radius 3 is 2.08 bits per heavy atom. The Morgan fingerprint density at radius 2 is 1.46 bits per heavy atom. The third-order valence-electron chi connectivity index (χ3n) is 4.34. The van der Waals surface area contributed by atoms with E-state index >= 15 is 0 Å². The quantitative estimate of drug-likeness (QED) is 0.751. The molecule has 3 rings (SSSR count). The van der Waals surface area contributed by atoms with Crippen molar-refractivity contribution in [3.63, 3.8) is 0 Å². The smallest absolute Gasteiger partial charge is 0.264 e. The molecule has 2 aromatic carbocycles. The van der Waals surface area contributed by atoms with Crippen molar-refractivity contribution in [1.82, 2.24) is 0 Å². The van der Waals surface area contributed by atoms with Crippen LogP contribution in [0.5, 0.6) is 0 Å². The van der Waals surface area contributed by atoms with Crippen LogP contribution in [0.2, 0.25) is 10.0 Å². The molecule has 1 fully saturated rings. The summed E-state index contributed by atoms with van der Waals surface area (Å²) >= 11 is 11.9. The second-order valence-corrected chi connectivity index (χ2v) is 10.8. The standard InChI is InChI=1S/C17H17Cl2NO4S2/c18-15-9-4-10-16(19)17(15)26(23,24)20-12-5-3-8-14(11-12)25(21,22)13-6-1-2-7-13/h3-5,8-11,13,20H,1-2,6-7H2. The van der Waals surface area contributed by atoms with Gasteiger partial charge in [-0.25, -0.2) is 16.8 Å². The summed E-state index contributed by atoms with van der Waals surface area (Å²) in [6, 6.07) is 10.2. The summed E-state index contributed by atoms with van der Waals surface area (Å²) in [4.78, 5) is -0.137. The molecular weight excluding hydrogens is 417 g/mol. The van der Waals surface area contributed by atoms with Gasteiger partial charge in [0.25, 0.3) is 10.0 Å². The molecule has 1 N–H and O–H groups in total. The van der Waals surface area contributed by atoms with Crippen molar-refractivity contribution in [1.29, 1.82) is 0 Å². The molecule has 0 unspecified atom stereocenters. The molecule has 9 heteroatoms. The van der Waals surface area contributed by atoms with Gasteiger partial charge in [0.1, 0.15) is 4.90 Å². The summed E-state index contributed by atoms with van der Waals surface area (Å²) in [5, 5.41) is -0.438. The minimum atomic E-state index is -4.06. The maximum absolute atomic E-state index is 12.7. The zero-order valence-electron chi connectivity index (χ0n) is 13.7. The summed E-state index contributed by atoms with van der Waals surface area (Å²) < 4.78 is 53.0. The van der Waals surface area contributed by atoms with E-state index < -0.39 is 25.1 Å². The minimum absolute atomic E-state index is 0.0141. The lowest BCUT2D eigenvalue weighted by atomic mass is 10.3. The van der Waals surface area contributed by atoms with Crippen molar-refractivity contribution in [3.8, 4) is 0 Å². The number of hydrogen-bond acceptors (Lipinski definition) is 4. The first-order valence-corrected chi connectivity index (χ1v) is 11.8. The van der Waals surface area contributed by atoms with E-state index in [4.69, 9.17) is 23.2 Å². The normalized spacial score (nSPS) is 15.9. The van der Waals surface area contributed by atoms with Gasteiger partial charge in [-0.15, -0.1) is 0 Å². The van der Waals surface area contributed by atoms with Gasteiger partial charge in [0.2, 0.25) is 0 Å². The van der Waals surface area contributed by atoms with Gasteiger partial charge >= 0.3 is 0 Å². The van der Waals surface area contributed by atoms with Crippen LogP contribution in [0.4, 0.5) is 5.69 Å². The fourth-order valence-corrected chi connectivity index (χ4v) is 7.17. The second-order valence-electron chi connectivity index (χ2n) is 6.14. The van der Waals surface area contributed by atoms with E-state index in [0.29, 0.717) is 12.8 Å². The zero-order chi connectivity index (χ0) is 18.9. The first-order valence-electron chi connectivity index (χ1n) is 8.02. The maximum Gasteiger partial charge on any atom is 0.264 e. The van der Waals surface area contributed by atoms with Gasteiger partial charge < -0.3 is 0 Å². The molecule has 0 aromatic heterocycles. The molecule has 0 amide bonds. The molecule has 0 spiro atoms. The maximum atomic E-state index is 12.7. The van der Waals surface area contributed by atoms with E-state index in [1.807, 2.05) is 0 Å². The highest BCUT2D eigenvalue weighted by Crippen LogP contribution is 2.33. The van der Waals surface area contributed by atoms with E-state index in [0.717, 1.165) is 12.8 Å². The molecule has 0 bridgehead atoms. The highest BCUT2D eigenvalue weighted by molar-refractivity contribution is 7.93. The van der Waals surface area contributed by atoms with Crippen molar-refractivity contribution in [2.75, 3.05) is 4.72 Å². The highest BCUT2D eigenvalue weighted by atomic mass is 35.5. The predicted molar refractivity (Wildman–Crippen MR) is 103 cm³/mol. The number of sulfonamides is 1. The van der Waals surface area contributed by atoms with Crippen molar-refractivity contribution in [3.05, 3.63) is 52.5 Å². The largest absolute Gasteiger partial charge is 0.279 e. The Kier molecular flexibility index (Phi) is 5.53. The van der Waals surface area contributed by atoms with Crippen LogP contribution in [0.3, 0.4) is 0 Å². The summed E-state index contributed by atoms with van der Waals surface area (Å²) in [5.74, 6) is 0. The minimum Gasteiger partial charge on any atom is -0.279 e. The number of hydrogen-bond donors (Lipinski definition) is 1. The number of sulfone groups is 1. The summed E-state index contributed by atoms with van der Waals surface area (Å²) in [6.45, 7) is 0. The van der Waals surface area contributed by atoms with Crippen molar-refractivity contribution < 1.29 is 16.8 Å². The van der Waals surface area contributed by atoms with Crippen LogP contribution in [0.25, 0.3) is 0 Å². The van der Waals surface area contributed by atoms with Gasteiger partial charge in [0, 0.05) is 0 Å². The number of rotatable bonds is 5. The summed E-state index contributed by atoms with van der Waals surface area (Å²) in [6.07, 6.45) is 3.05. The van der Waals surface area contributed by atoms with Gasteiger partial charge in [-0.05, 0) is 43.2 Å². The molecule has 0 saturated heterocycles. The lowest BCUT2D eigenvalue weighted by molar-refractivity contribution is 0.579. The lowest BCUT2D eigenvalue weighted by Gasteiger charge is -2.14. The first-order chi connectivity index (χ1) is 12.2. The Labute approximate surface area is 163 Å². The third kappa shape index (κ3) is 3.86. The lowest BCUT2D eigenvalue weighted by Crippen LogP contribution is -2.18. The second kappa shape index (κ2) is 7.38. The van der Waals surface area contributed by atoms with Gasteiger partial charge in [-0.2, -0.15) is 0 Å². The van der Waals surface area contributed by atoms with Crippen LogP contribution in [0, 0.1) is 0 Å². The SMILES string of the molecule is O=S(=O)(Nc1cccc(S(=O)(=O)C2CCCC2)c1)c1c(Cl)cccc1Cl. The Hall–Kier alpha value is -1.28. The summed E-state index contributed by atoms with van der Waals surface area (Å²) in [5.41, 5.74) is 0.139. The van der Waals surface area contributed by atoms with E-state index in [1.165, 1.54) is 36.4 Å². The van der Waals surface area contributed by atoms with E-state index in [1.54, 1.807) is 6.07 Å². The fraction of sp³-hybridized carbons (Fsp3) is 0.294. The van der Waals surface area contributed by atoms with Gasteiger partial charge in [0.05, 0.1) is 25.9 Å². The number of anilines is 1. The molecule has 0 atom stereocenters. The van der Waals surface area contributed by atoms with Crippen LogP contribution in [0.1, 0.15) is 25.7 Å². The Balaban J connectivity index is 1.94. The molecule has 0 heterocycles. The van der Waals surface area contributed by atoms with Crippen LogP contribution >= 0.6 is 23.2 Å². The van der Waals surface area contributed by atoms with Crippen LogP contribution in [-0.4, -0.2) is 22.1 Å². The molecular formula is C17H17Cl2NO4S2. The molecule has 140 valence electrons. The van der Waals surface area contributed by atoms with Crippen LogP contribution < -0.4 is 4.72 Å². The van der Waals surface area contributed by atoms with Crippen LogP contribution in [-0.2, 0) is 19.9 Å². The first kappa shape index (κ1) is 19.5. The average Bonchev–Trinajstić information content (AvgIpc) is 3.09. The fourth-order valence-electron chi connectivity index (χ4n) is 3.07. The monoisotopic (exact) mass is 433 g/mol. The molecule has 1 saturated carbocycles. The van der Waals surface area contributed by atoms with E-state index in [2.05, 4.69) is 4.72 Å². The average molecular weight is 434 g/mol. The molecule has 26 heavy (non-hydrogen) atoms. The van der Waals surface area contributed by atoms with Crippen molar-refractivity contribution in [2.45, 2.75) is 40.7 Å². The van der Waals surface area contributed by atoms with E-state index in [9.17, 15) is 16.8 Å². The molecule has 0 aliphatic heterocycles. The molecule has 1 aliphatic carbocycles. The van der Waals surface area contributed by atoms with E-state index in [-0.39, 0.29) is 25.5 Å². The third-order valence-corrected chi connectivity index (χ3v) is 8.94. The van der Waals surface area contributed by atoms with Crippen LogP contribution in [0.15, 0.2) is 52.3 Å². The number of nitrogens with one attached hydrogen (secondary N) is 1. The number of benzene rings is 2. The molecule has 2 aromatic rings. The van der Waals surface area contributed by atoms with Gasteiger partial charge in [-0.3, -0.25) is 4.72 Å². The molecule has 0 radical (unpaired) electrons.